The van der Waals surface area contributed by atoms with E-state index in [4.69, 9.17) is 25.0 Å². The number of phosphoric acid groups is 1. The molecule has 1 atom stereocenters. The molecule has 34 heavy (non-hydrogen) atoms. The summed E-state index contributed by atoms with van der Waals surface area (Å²) in [5.41, 5.74) is 4.82. The number of methoxy groups -OCH3 is 1. The molecule has 0 heterocycles. The van der Waals surface area contributed by atoms with E-state index in [1.165, 1.54) is 12.1 Å². The van der Waals surface area contributed by atoms with Gasteiger partial charge in [0.05, 0.1) is 38.0 Å². The highest BCUT2D eigenvalue weighted by Crippen LogP contribution is 2.38. The van der Waals surface area contributed by atoms with Crippen LogP contribution in [0.3, 0.4) is 0 Å². The number of alkyl halides is 3. The summed E-state index contributed by atoms with van der Waals surface area (Å²) in [7, 11) is -3.22. The van der Waals surface area contributed by atoms with Gasteiger partial charge in [-0.1, -0.05) is 12.1 Å². The second-order valence-corrected chi connectivity index (χ2v) is 9.42. The summed E-state index contributed by atoms with van der Waals surface area (Å²) >= 11 is 0. The Morgan fingerprint density at radius 3 is 2.56 bits per heavy atom. The molecule has 1 unspecified atom stereocenters. The molecule has 0 amide bonds. The van der Waals surface area contributed by atoms with Gasteiger partial charge >= 0.3 is 14.0 Å². The number of hydrogen-bond donors (Lipinski definition) is 4. The highest BCUT2D eigenvalue weighted by molar-refractivity contribution is 7.46. The highest BCUT2D eigenvalue weighted by Gasteiger charge is 2.35. The molecule has 0 saturated carbocycles. The number of benzene rings is 1. The van der Waals surface area contributed by atoms with Crippen molar-refractivity contribution in [3.63, 3.8) is 0 Å². The molecule has 0 fully saturated rings. The van der Waals surface area contributed by atoms with Crippen LogP contribution in [-0.2, 0) is 26.4 Å². The summed E-state index contributed by atoms with van der Waals surface area (Å²) in [5, 5.41) is 9.46. The molecular formula is C22H31F3NO7P. The Balaban J connectivity index is 2.02. The van der Waals surface area contributed by atoms with Crippen molar-refractivity contribution >= 4 is 7.82 Å². The Morgan fingerprint density at radius 2 is 1.94 bits per heavy atom. The summed E-state index contributed by atoms with van der Waals surface area (Å²) in [4.78, 5) is 17.6. The molecule has 0 saturated heterocycles. The molecule has 0 aliphatic heterocycles. The van der Waals surface area contributed by atoms with Crippen LogP contribution in [0.15, 0.2) is 41.7 Å². The van der Waals surface area contributed by atoms with Gasteiger partial charge in [-0.05, 0) is 67.9 Å². The van der Waals surface area contributed by atoms with Gasteiger partial charge < -0.3 is 30.1 Å². The van der Waals surface area contributed by atoms with Crippen LogP contribution >= 0.6 is 7.82 Å². The number of halogens is 3. The molecule has 12 heteroatoms. The van der Waals surface area contributed by atoms with Crippen molar-refractivity contribution in [2.45, 2.75) is 50.2 Å². The molecule has 0 spiro atoms. The first kappa shape index (κ1) is 28.4. The van der Waals surface area contributed by atoms with Crippen molar-refractivity contribution in [2.24, 2.45) is 5.73 Å². The van der Waals surface area contributed by atoms with Gasteiger partial charge in [-0.2, -0.15) is 13.2 Å². The van der Waals surface area contributed by atoms with Gasteiger partial charge in [-0.15, -0.1) is 0 Å². The Bertz CT molecular complexity index is 930. The second kappa shape index (κ2) is 12.2. The highest BCUT2D eigenvalue weighted by atomic mass is 31.2. The van der Waals surface area contributed by atoms with Gasteiger partial charge in [0, 0.05) is 0 Å². The molecule has 0 radical (unpaired) electrons. The lowest BCUT2D eigenvalue weighted by atomic mass is 9.93. The van der Waals surface area contributed by atoms with Crippen LogP contribution in [0.4, 0.5) is 13.2 Å². The number of allylic oxidation sites excluding steroid dienone is 3. The van der Waals surface area contributed by atoms with Gasteiger partial charge in [0.15, 0.2) is 0 Å². The topological polar surface area (TPSA) is 131 Å². The lowest BCUT2D eigenvalue weighted by Gasteiger charge is -2.27. The van der Waals surface area contributed by atoms with Crippen molar-refractivity contribution in [2.75, 3.05) is 26.9 Å². The summed E-state index contributed by atoms with van der Waals surface area (Å²) in [6, 6.07) is 3.66. The predicted octanol–water partition coefficient (Wildman–Crippen LogP) is 3.85. The van der Waals surface area contributed by atoms with Gasteiger partial charge in [0.2, 0.25) is 0 Å². The number of hydrogen-bond acceptors (Lipinski definition) is 6. The van der Waals surface area contributed by atoms with Crippen LogP contribution in [0.2, 0.25) is 0 Å². The third kappa shape index (κ3) is 9.05. The molecule has 5 N–H and O–H groups in total. The van der Waals surface area contributed by atoms with Gasteiger partial charge in [-0.25, -0.2) is 4.57 Å². The number of aliphatic hydroxyl groups is 1. The van der Waals surface area contributed by atoms with Crippen LogP contribution in [0.1, 0.15) is 43.2 Å². The molecule has 1 aromatic carbocycles. The van der Waals surface area contributed by atoms with Gasteiger partial charge in [-0.3, -0.25) is 4.52 Å². The standard InChI is InChI=1S/C22H31F3NO7P/c1-31-19-7-3-2-5-17(19)6-4-12-32-20-9-8-16(13-18(20)22(23,24)25)10-11-21(26,14-27)15-33-34(28,29)30/h3,7-9,13,27H,2,4-6,10-12,14-15,26H2,1H3,(H2,28,29,30). The molecule has 0 bridgehead atoms. The first-order valence-electron chi connectivity index (χ1n) is 10.7. The zero-order valence-electron chi connectivity index (χ0n) is 18.9. The molecule has 1 aliphatic rings. The Hall–Kier alpha value is -1.88. The Kier molecular flexibility index (Phi) is 10.2. The van der Waals surface area contributed by atoms with E-state index < -0.39 is 38.3 Å². The van der Waals surface area contributed by atoms with E-state index in [1.807, 2.05) is 12.2 Å². The molecule has 0 aromatic heterocycles. The zero-order chi connectivity index (χ0) is 25.4. The molecule has 1 aliphatic carbocycles. The van der Waals surface area contributed by atoms with Crippen molar-refractivity contribution < 1.29 is 46.6 Å². The molecule has 192 valence electrons. The summed E-state index contributed by atoms with van der Waals surface area (Å²) in [6.07, 6.45) is 2.14. The first-order valence-corrected chi connectivity index (χ1v) is 12.3. The molecule has 2 rings (SSSR count). The van der Waals surface area contributed by atoms with Crippen LogP contribution < -0.4 is 10.5 Å². The minimum Gasteiger partial charge on any atom is -0.497 e. The molecule has 8 nitrogen and oxygen atoms in total. The largest absolute Gasteiger partial charge is 0.497 e. The second-order valence-electron chi connectivity index (χ2n) is 8.18. The van der Waals surface area contributed by atoms with E-state index >= 15 is 0 Å². The third-order valence-corrected chi connectivity index (χ3v) is 5.89. The molecular weight excluding hydrogens is 478 g/mol. The van der Waals surface area contributed by atoms with Crippen molar-refractivity contribution in [1.29, 1.82) is 0 Å². The summed E-state index contributed by atoms with van der Waals surface area (Å²) < 4.78 is 66.9. The Labute approximate surface area is 196 Å². The Morgan fingerprint density at radius 1 is 1.21 bits per heavy atom. The lowest BCUT2D eigenvalue weighted by Crippen LogP contribution is -2.48. The van der Waals surface area contributed by atoms with Crippen LogP contribution in [0.25, 0.3) is 0 Å². The maximum absolute atomic E-state index is 13.6. The van der Waals surface area contributed by atoms with Gasteiger partial charge in [0.25, 0.3) is 0 Å². The number of aryl methyl sites for hydroxylation is 1. The van der Waals surface area contributed by atoms with Crippen LogP contribution in [0, 0.1) is 0 Å². The van der Waals surface area contributed by atoms with E-state index in [0.717, 1.165) is 30.2 Å². The molecule has 1 aromatic rings. The minimum atomic E-state index is -4.81. The van der Waals surface area contributed by atoms with Gasteiger partial charge in [0.1, 0.15) is 11.5 Å². The van der Waals surface area contributed by atoms with E-state index in [1.54, 1.807) is 7.11 Å². The maximum Gasteiger partial charge on any atom is 0.469 e. The number of aliphatic hydroxyl groups excluding tert-OH is 1. The fraction of sp³-hybridized carbons (Fsp3) is 0.545. The van der Waals surface area contributed by atoms with E-state index in [0.29, 0.717) is 12.8 Å². The van der Waals surface area contributed by atoms with Crippen LogP contribution in [0.5, 0.6) is 5.75 Å². The van der Waals surface area contributed by atoms with Crippen molar-refractivity contribution in [3.05, 3.63) is 52.8 Å². The lowest BCUT2D eigenvalue weighted by molar-refractivity contribution is -0.139. The number of rotatable bonds is 13. The SMILES string of the molecule is COC1=C(CCCOc2ccc(CCC(N)(CO)COP(=O)(O)O)cc2C(F)(F)F)CCC=C1. The van der Waals surface area contributed by atoms with E-state index in [2.05, 4.69) is 4.52 Å². The maximum atomic E-state index is 13.6. The summed E-state index contributed by atoms with van der Waals surface area (Å²) in [5.74, 6) is 0.503. The average Bonchev–Trinajstić information content (AvgIpc) is 2.78. The number of nitrogens with two attached hydrogens (primary N) is 1. The van der Waals surface area contributed by atoms with Crippen LogP contribution in [-0.4, -0.2) is 47.4 Å². The van der Waals surface area contributed by atoms with Crippen molar-refractivity contribution in [1.82, 2.24) is 0 Å². The van der Waals surface area contributed by atoms with E-state index in [-0.39, 0.29) is 30.8 Å². The summed E-state index contributed by atoms with van der Waals surface area (Å²) in [6.45, 7) is -1.22. The number of ether oxygens (including phenoxy) is 2. The smallest absolute Gasteiger partial charge is 0.469 e. The predicted molar refractivity (Wildman–Crippen MR) is 119 cm³/mol. The minimum absolute atomic E-state index is 0.0202. The van der Waals surface area contributed by atoms with E-state index in [9.17, 15) is 22.8 Å². The quantitative estimate of drug-likeness (QED) is 0.233. The van der Waals surface area contributed by atoms with Crippen molar-refractivity contribution in [3.8, 4) is 5.75 Å². The normalized spacial score (nSPS) is 16.5. The first-order chi connectivity index (χ1) is 15.9. The fourth-order valence-electron chi connectivity index (χ4n) is 3.50. The monoisotopic (exact) mass is 509 g/mol. The zero-order valence-corrected chi connectivity index (χ0v) is 19.8. The average molecular weight is 509 g/mol. The fourth-order valence-corrected chi connectivity index (χ4v) is 3.93. The number of phosphoric ester groups is 1. The third-order valence-electron chi connectivity index (χ3n) is 5.43.